The highest BCUT2D eigenvalue weighted by Gasteiger charge is 2.21. The molecule has 3 N–H and O–H groups in total. The first kappa shape index (κ1) is 15.6. The van der Waals surface area contributed by atoms with Gasteiger partial charge in [-0.15, -0.1) is 0 Å². The second-order valence-corrected chi connectivity index (χ2v) is 4.72. The zero-order chi connectivity index (χ0) is 14.4. The third-order valence-corrected chi connectivity index (χ3v) is 3.35. The van der Waals surface area contributed by atoms with Gasteiger partial charge in [0.25, 0.3) is 0 Å². The van der Waals surface area contributed by atoms with E-state index in [1.165, 1.54) is 12.1 Å². The quantitative estimate of drug-likeness (QED) is 0.801. The Hall–Kier alpha value is -1.49. The predicted octanol–water partition coefficient (Wildman–Crippen LogP) is 2.58. The third kappa shape index (κ3) is 4.59. The lowest BCUT2D eigenvalue weighted by molar-refractivity contribution is -0.142. The first-order chi connectivity index (χ1) is 8.97. The Kier molecular flexibility index (Phi) is 5.89. The number of carboxylic acids is 1. The van der Waals surface area contributed by atoms with Crippen LogP contribution in [0.1, 0.15) is 25.3 Å². The fourth-order valence-corrected chi connectivity index (χ4v) is 2.09. The molecular formula is C14H19F2NO2. The Labute approximate surface area is 111 Å². The van der Waals surface area contributed by atoms with Gasteiger partial charge in [-0.3, -0.25) is 4.79 Å². The molecule has 0 aliphatic heterocycles. The molecule has 0 spiro atoms. The van der Waals surface area contributed by atoms with Gasteiger partial charge in [-0.25, -0.2) is 8.78 Å². The molecule has 0 amide bonds. The Morgan fingerprint density at radius 1 is 1.42 bits per heavy atom. The summed E-state index contributed by atoms with van der Waals surface area (Å²) in [6, 6.07) is 3.47. The molecule has 0 saturated heterocycles. The molecule has 106 valence electrons. The normalized spacial score (nSPS) is 14.1. The van der Waals surface area contributed by atoms with Crippen LogP contribution < -0.4 is 5.73 Å². The molecule has 0 bridgehead atoms. The van der Waals surface area contributed by atoms with E-state index in [0.717, 1.165) is 12.5 Å². The molecule has 1 aromatic carbocycles. The van der Waals surface area contributed by atoms with Crippen LogP contribution in [-0.2, 0) is 11.2 Å². The molecule has 19 heavy (non-hydrogen) atoms. The number of hydrogen-bond acceptors (Lipinski definition) is 2. The van der Waals surface area contributed by atoms with E-state index in [4.69, 9.17) is 10.8 Å². The van der Waals surface area contributed by atoms with Crippen LogP contribution in [-0.4, -0.2) is 17.6 Å². The standard InChI is InChI=1S/C14H19F2NO2/c1-2-9(6-11(8-17)14(18)19)5-10-3-4-12(15)7-13(10)16/h3-4,7,9,11H,2,5-6,8,17H2,1H3,(H,18,19)/t9-,11-/m0/s1. The Morgan fingerprint density at radius 3 is 2.58 bits per heavy atom. The Balaban J connectivity index is 2.73. The second-order valence-electron chi connectivity index (χ2n) is 4.72. The van der Waals surface area contributed by atoms with Crippen molar-refractivity contribution in [3.05, 3.63) is 35.4 Å². The molecule has 0 aliphatic carbocycles. The highest BCUT2D eigenvalue weighted by molar-refractivity contribution is 5.70. The van der Waals surface area contributed by atoms with E-state index in [1.54, 1.807) is 0 Å². The summed E-state index contributed by atoms with van der Waals surface area (Å²) in [6.45, 7) is 1.99. The van der Waals surface area contributed by atoms with Crippen molar-refractivity contribution in [2.75, 3.05) is 6.54 Å². The summed E-state index contributed by atoms with van der Waals surface area (Å²) in [5.41, 5.74) is 5.83. The number of carboxylic acid groups (broad SMARTS) is 1. The van der Waals surface area contributed by atoms with Crippen molar-refractivity contribution in [3.63, 3.8) is 0 Å². The summed E-state index contributed by atoms with van der Waals surface area (Å²) in [6.07, 6.45) is 1.52. The van der Waals surface area contributed by atoms with Gasteiger partial charge in [0.2, 0.25) is 0 Å². The van der Waals surface area contributed by atoms with Crippen molar-refractivity contribution in [1.82, 2.24) is 0 Å². The second kappa shape index (κ2) is 7.19. The van der Waals surface area contributed by atoms with E-state index in [-0.39, 0.29) is 12.5 Å². The van der Waals surface area contributed by atoms with Crippen molar-refractivity contribution in [2.24, 2.45) is 17.6 Å². The first-order valence-corrected chi connectivity index (χ1v) is 6.34. The maximum atomic E-state index is 13.5. The van der Waals surface area contributed by atoms with Crippen LogP contribution in [0.5, 0.6) is 0 Å². The molecule has 0 aromatic heterocycles. The summed E-state index contributed by atoms with van der Waals surface area (Å²) >= 11 is 0. The number of nitrogens with two attached hydrogens (primary N) is 1. The molecule has 3 nitrogen and oxygen atoms in total. The van der Waals surface area contributed by atoms with Gasteiger partial charge in [0.1, 0.15) is 11.6 Å². The van der Waals surface area contributed by atoms with Gasteiger partial charge in [-0.05, 0) is 30.4 Å². The molecule has 0 unspecified atom stereocenters. The molecule has 2 atom stereocenters. The number of benzene rings is 1. The van der Waals surface area contributed by atoms with Crippen LogP contribution in [0.25, 0.3) is 0 Å². The van der Waals surface area contributed by atoms with E-state index in [0.29, 0.717) is 18.4 Å². The maximum Gasteiger partial charge on any atom is 0.307 e. The summed E-state index contributed by atoms with van der Waals surface area (Å²) in [4.78, 5) is 10.9. The van der Waals surface area contributed by atoms with Gasteiger partial charge in [0, 0.05) is 12.6 Å². The van der Waals surface area contributed by atoms with Crippen molar-refractivity contribution in [1.29, 1.82) is 0 Å². The molecule has 5 heteroatoms. The van der Waals surface area contributed by atoms with Crippen LogP contribution in [0, 0.1) is 23.5 Å². The minimum atomic E-state index is -0.930. The van der Waals surface area contributed by atoms with Gasteiger partial charge in [-0.1, -0.05) is 19.4 Å². The zero-order valence-electron chi connectivity index (χ0n) is 10.9. The van der Waals surface area contributed by atoms with E-state index in [2.05, 4.69) is 0 Å². The predicted molar refractivity (Wildman–Crippen MR) is 68.6 cm³/mol. The fourth-order valence-electron chi connectivity index (χ4n) is 2.09. The van der Waals surface area contributed by atoms with E-state index >= 15 is 0 Å². The fraction of sp³-hybridized carbons (Fsp3) is 0.500. The number of rotatable bonds is 7. The zero-order valence-corrected chi connectivity index (χ0v) is 10.9. The van der Waals surface area contributed by atoms with Crippen molar-refractivity contribution in [2.45, 2.75) is 26.2 Å². The summed E-state index contributed by atoms with van der Waals surface area (Å²) < 4.78 is 26.3. The molecular weight excluding hydrogens is 252 g/mol. The number of hydrogen-bond donors (Lipinski definition) is 2. The molecule has 0 aliphatic rings. The molecule has 0 saturated carbocycles. The molecule has 1 rings (SSSR count). The summed E-state index contributed by atoms with van der Waals surface area (Å²) in [7, 11) is 0. The third-order valence-electron chi connectivity index (χ3n) is 3.35. The highest BCUT2D eigenvalue weighted by Crippen LogP contribution is 2.22. The Bertz CT molecular complexity index is 437. The largest absolute Gasteiger partial charge is 0.481 e. The number of carbonyl (C=O) groups is 1. The van der Waals surface area contributed by atoms with Crippen molar-refractivity contribution >= 4 is 5.97 Å². The van der Waals surface area contributed by atoms with Crippen LogP contribution in [0.4, 0.5) is 8.78 Å². The van der Waals surface area contributed by atoms with Crippen LogP contribution in [0.3, 0.4) is 0 Å². The van der Waals surface area contributed by atoms with Gasteiger partial charge < -0.3 is 10.8 Å². The maximum absolute atomic E-state index is 13.5. The van der Waals surface area contributed by atoms with Crippen molar-refractivity contribution < 1.29 is 18.7 Å². The minimum absolute atomic E-state index is 0.0182. The van der Waals surface area contributed by atoms with Gasteiger partial charge in [0.05, 0.1) is 5.92 Å². The minimum Gasteiger partial charge on any atom is -0.481 e. The van der Waals surface area contributed by atoms with E-state index < -0.39 is 23.5 Å². The molecule has 0 heterocycles. The average Bonchev–Trinajstić information content (AvgIpc) is 2.36. The summed E-state index contributed by atoms with van der Waals surface area (Å²) in [5.74, 6) is -2.73. The summed E-state index contributed by atoms with van der Waals surface area (Å²) in [5, 5.41) is 8.97. The number of halogens is 2. The molecule has 0 radical (unpaired) electrons. The van der Waals surface area contributed by atoms with Gasteiger partial charge in [0.15, 0.2) is 0 Å². The lowest BCUT2D eigenvalue weighted by Crippen LogP contribution is -2.26. The highest BCUT2D eigenvalue weighted by atomic mass is 19.1. The topological polar surface area (TPSA) is 63.3 Å². The number of aliphatic carboxylic acids is 1. The van der Waals surface area contributed by atoms with Crippen LogP contribution >= 0.6 is 0 Å². The van der Waals surface area contributed by atoms with Gasteiger partial charge in [-0.2, -0.15) is 0 Å². The van der Waals surface area contributed by atoms with E-state index in [9.17, 15) is 13.6 Å². The van der Waals surface area contributed by atoms with Crippen molar-refractivity contribution in [3.8, 4) is 0 Å². The van der Waals surface area contributed by atoms with Crippen LogP contribution in [0.2, 0.25) is 0 Å². The Morgan fingerprint density at radius 2 is 2.11 bits per heavy atom. The lowest BCUT2D eigenvalue weighted by Gasteiger charge is -2.19. The molecule has 1 aromatic rings. The van der Waals surface area contributed by atoms with Gasteiger partial charge >= 0.3 is 5.97 Å². The first-order valence-electron chi connectivity index (χ1n) is 6.34. The van der Waals surface area contributed by atoms with E-state index in [1.807, 2.05) is 6.92 Å². The smallest absolute Gasteiger partial charge is 0.307 e. The van der Waals surface area contributed by atoms with Crippen LogP contribution in [0.15, 0.2) is 18.2 Å². The lowest BCUT2D eigenvalue weighted by atomic mass is 9.87. The monoisotopic (exact) mass is 271 g/mol. The molecule has 0 fully saturated rings. The SMILES string of the molecule is CC[C@@H](Cc1ccc(F)cc1F)C[C@@H](CN)C(=O)O. The average molecular weight is 271 g/mol.